The predicted octanol–water partition coefficient (Wildman–Crippen LogP) is 3.60. The highest BCUT2D eigenvalue weighted by Crippen LogP contribution is 2.24. The lowest BCUT2D eigenvalue weighted by atomic mass is 10.1. The predicted molar refractivity (Wildman–Crippen MR) is 79.8 cm³/mol. The first-order chi connectivity index (χ1) is 10.4. The first-order valence-electron chi connectivity index (χ1n) is 7.55. The molecule has 0 bridgehead atoms. The smallest absolute Gasteiger partial charge is 0.303 e. The molecule has 0 saturated heterocycles. The zero-order valence-electron chi connectivity index (χ0n) is 13.1. The molecule has 0 rings (SSSR count). The molecule has 0 spiro atoms. The van der Waals surface area contributed by atoms with Crippen molar-refractivity contribution in [1.82, 2.24) is 0 Å². The molecule has 2 atom stereocenters. The Morgan fingerprint density at radius 2 is 1.27 bits per heavy atom. The van der Waals surface area contributed by atoms with Gasteiger partial charge in [-0.2, -0.15) is 0 Å². The Bertz CT molecular complexity index is 333. The van der Waals surface area contributed by atoms with Gasteiger partial charge >= 0.3 is 8.25 Å². The monoisotopic (exact) mass is 342 g/mol. The second kappa shape index (κ2) is 12.9. The number of alkyl halides is 2. The minimum absolute atomic E-state index is 0.0972. The van der Waals surface area contributed by atoms with E-state index in [1.807, 2.05) is 13.8 Å². The Hall–Kier alpha value is -0.650. The fourth-order valence-electron chi connectivity index (χ4n) is 1.57. The van der Waals surface area contributed by atoms with Crippen LogP contribution < -0.4 is 0 Å². The van der Waals surface area contributed by atoms with Crippen molar-refractivity contribution in [3.63, 3.8) is 0 Å². The molecule has 5 nitrogen and oxygen atoms in total. The summed E-state index contributed by atoms with van der Waals surface area (Å²) in [7, 11) is -3.11. The standard InChI is InChI=1S/C14H25F2O5P/c1-3-5-7-11(15)13(17)9-20-22(19)21-10-14(18)12(16)8-6-4-2/h11-12,22H,3-10H2,1-2H3. The molecule has 22 heavy (non-hydrogen) atoms. The lowest BCUT2D eigenvalue weighted by molar-refractivity contribution is -0.126. The van der Waals surface area contributed by atoms with Crippen LogP contribution in [0.3, 0.4) is 0 Å². The second-order valence-corrected chi connectivity index (χ2v) is 6.06. The summed E-state index contributed by atoms with van der Waals surface area (Å²) in [5, 5.41) is 0. The van der Waals surface area contributed by atoms with Crippen molar-refractivity contribution in [2.45, 2.75) is 64.7 Å². The van der Waals surface area contributed by atoms with Crippen molar-refractivity contribution in [2.75, 3.05) is 13.2 Å². The van der Waals surface area contributed by atoms with Crippen LogP contribution in [0.2, 0.25) is 0 Å². The highest BCUT2D eigenvalue weighted by molar-refractivity contribution is 7.33. The van der Waals surface area contributed by atoms with Gasteiger partial charge in [0.2, 0.25) is 0 Å². The number of carbonyl (C=O) groups excluding carboxylic acids is 2. The molecule has 0 aromatic rings. The number of ketones is 2. The van der Waals surface area contributed by atoms with Crippen molar-refractivity contribution >= 4 is 19.8 Å². The zero-order chi connectivity index (χ0) is 17.0. The normalized spacial score (nSPS) is 15.3. The molecule has 0 heterocycles. The van der Waals surface area contributed by atoms with Gasteiger partial charge in [-0.1, -0.05) is 39.5 Å². The third-order valence-electron chi connectivity index (χ3n) is 2.99. The molecule has 0 saturated carbocycles. The number of rotatable bonds is 14. The lowest BCUT2D eigenvalue weighted by Gasteiger charge is -2.09. The molecule has 0 aliphatic rings. The van der Waals surface area contributed by atoms with Gasteiger partial charge in [-0.15, -0.1) is 0 Å². The Kier molecular flexibility index (Phi) is 12.5. The summed E-state index contributed by atoms with van der Waals surface area (Å²) in [6.07, 6.45) is -0.440. The van der Waals surface area contributed by atoms with Gasteiger partial charge in [0.1, 0.15) is 13.2 Å². The summed E-state index contributed by atoms with van der Waals surface area (Å²) in [6.45, 7) is 2.39. The van der Waals surface area contributed by atoms with Crippen LogP contribution in [0.15, 0.2) is 0 Å². The van der Waals surface area contributed by atoms with E-state index < -0.39 is 45.4 Å². The molecular weight excluding hydrogens is 317 g/mol. The fraction of sp³-hybridized carbons (Fsp3) is 0.857. The maximum Gasteiger partial charge on any atom is 0.319 e. The lowest BCUT2D eigenvalue weighted by Crippen LogP contribution is -2.21. The average Bonchev–Trinajstić information content (AvgIpc) is 2.52. The number of hydrogen-bond donors (Lipinski definition) is 0. The SMILES string of the molecule is CCCCC(F)C(=O)CO[PH](=O)OCC(=O)C(F)CCCC. The summed E-state index contributed by atoms with van der Waals surface area (Å²) in [5.74, 6) is -1.62. The van der Waals surface area contributed by atoms with Crippen LogP contribution in [-0.2, 0) is 23.2 Å². The van der Waals surface area contributed by atoms with Crippen LogP contribution in [0, 0.1) is 0 Å². The summed E-state index contributed by atoms with van der Waals surface area (Å²) >= 11 is 0. The molecule has 130 valence electrons. The van der Waals surface area contributed by atoms with E-state index in [9.17, 15) is 22.9 Å². The van der Waals surface area contributed by atoms with E-state index in [0.29, 0.717) is 12.8 Å². The molecule has 2 unspecified atom stereocenters. The number of unbranched alkanes of at least 4 members (excludes halogenated alkanes) is 2. The van der Waals surface area contributed by atoms with Crippen LogP contribution in [0.4, 0.5) is 8.78 Å². The van der Waals surface area contributed by atoms with Gasteiger partial charge in [-0.05, 0) is 12.8 Å². The molecule has 0 aliphatic heterocycles. The topological polar surface area (TPSA) is 69.7 Å². The maximum absolute atomic E-state index is 13.3. The first-order valence-corrected chi connectivity index (χ1v) is 8.77. The highest BCUT2D eigenvalue weighted by Gasteiger charge is 2.20. The number of Topliss-reactive ketones (excluding diaryl/α,β-unsaturated/α-hetero) is 2. The zero-order valence-corrected chi connectivity index (χ0v) is 14.1. The van der Waals surface area contributed by atoms with E-state index in [-0.39, 0.29) is 12.8 Å². The largest absolute Gasteiger partial charge is 0.319 e. The van der Waals surface area contributed by atoms with Gasteiger partial charge in [0.25, 0.3) is 0 Å². The highest BCUT2D eigenvalue weighted by atomic mass is 31.1. The van der Waals surface area contributed by atoms with E-state index >= 15 is 0 Å². The second-order valence-electron chi connectivity index (χ2n) is 4.98. The fourth-order valence-corrected chi connectivity index (χ4v) is 2.17. The molecule has 0 aromatic heterocycles. The molecule has 0 radical (unpaired) electrons. The van der Waals surface area contributed by atoms with Crippen LogP contribution in [-0.4, -0.2) is 37.1 Å². The van der Waals surface area contributed by atoms with E-state index in [2.05, 4.69) is 9.05 Å². The summed E-state index contributed by atoms with van der Waals surface area (Å²) in [6, 6.07) is 0. The van der Waals surface area contributed by atoms with E-state index in [1.165, 1.54) is 0 Å². The van der Waals surface area contributed by atoms with Gasteiger partial charge in [-0.3, -0.25) is 14.2 Å². The quantitative estimate of drug-likeness (QED) is 0.451. The molecule has 0 aromatic carbocycles. The molecule has 0 aliphatic carbocycles. The van der Waals surface area contributed by atoms with Gasteiger partial charge in [0.05, 0.1) is 0 Å². The van der Waals surface area contributed by atoms with Crippen molar-refractivity contribution in [2.24, 2.45) is 0 Å². The molecule has 8 heteroatoms. The number of halogens is 2. The van der Waals surface area contributed by atoms with Crippen LogP contribution in [0.5, 0.6) is 0 Å². The van der Waals surface area contributed by atoms with Crippen LogP contribution in [0.25, 0.3) is 0 Å². The van der Waals surface area contributed by atoms with Crippen molar-refractivity contribution in [3.05, 3.63) is 0 Å². The van der Waals surface area contributed by atoms with Crippen molar-refractivity contribution in [3.8, 4) is 0 Å². The first kappa shape index (κ1) is 21.4. The Labute approximate surface area is 130 Å². The third kappa shape index (κ3) is 10.1. The Morgan fingerprint density at radius 1 is 0.909 bits per heavy atom. The van der Waals surface area contributed by atoms with Crippen molar-refractivity contribution < 1.29 is 32.0 Å². The van der Waals surface area contributed by atoms with Crippen LogP contribution >= 0.6 is 8.25 Å². The van der Waals surface area contributed by atoms with Gasteiger partial charge in [0, 0.05) is 0 Å². The molecule has 0 amide bonds. The molecular formula is C14H25F2O5P. The van der Waals surface area contributed by atoms with Gasteiger partial charge in [-0.25, -0.2) is 8.78 Å². The molecule has 0 fully saturated rings. The Balaban J connectivity index is 3.90. The Morgan fingerprint density at radius 3 is 1.59 bits per heavy atom. The summed E-state index contributed by atoms with van der Waals surface area (Å²) < 4.78 is 47.1. The maximum atomic E-state index is 13.3. The number of carbonyl (C=O) groups is 2. The van der Waals surface area contributed by atoms with Gasteiger partial charge < -0.3 is 9.05 Å². The minimum atomic E-state index is -3.11. The van der Waals surface area contributed by atoms with Crippen LogP contribution in [0.1, 0.15) is 52.4 Å². The number of hydrogen-bond acceptors (Lipinski definition) is 5. The minimum Gasteiger partial charge on any atom is -0.303 e. The third-order valence-corrected chi connectivity index (χ3v) is 3.75. The van der Waals surface area contributed by atoms with Gasteiger partial charge in [0.15, 0.2) is 23.9 Å². The summed E-state index contributed by atoms with van der Waals surface area (Å²) in [5.41, 5.74) is 0. The van der Waals surface area contributed by atoms with E-state index in [0.717, 1.165) is 12.8 Å². The molecule has 0 N–H and O–H groups in total. The van der Waals surface area contributed by atoms with Crippen molar-refractivity contribution in [1.29, 1.82) is 0 Å². The van der Waals surface area contributed by atoms with E-state index in [1.54, 1.807) is 0 Å². The summed E-state index contributed by atoms with van der Waals surface area (Å²) in [4.78, 5) is 22.6. The average molecular weight is 342 g/mol. The van der Waals surface area contributed by atoms with E-state index in [4.69, 9.17) is 0 Å².